The number of amides is 1. The molecule has 0 aliphatic rings. The standard InChI is InChI=1S/C8H8Br2N2O2/c9-5-2-1-3-6(8(5)10)11-4-7(13)12-14/h1-3,11,14H,4H2,(H,12,13). The van der Waals surface area contributed by atoms with Crippen LogP contribution in [0.15, 0.2) is 27.1 Å². The highest BCUT2D eigenvalue weighted by Gasteiger charge is 2.04. The van der Waals surface area contributed by atoms with Crippen molar-refractivity contribution in [1.29, 1.82) is 0 Å². The highest BCUT2D eigenvalue weighted by molar-refractivity contribution is 9.13. The first-order valence-electron chi connectivity index (χ1n) is 3.76. The van der Waals surface area contributed by atoms with Crippen molar-refractivity contribution in [2.75, 3.05) is 11.9 Å². The van der Waals surface area contributed by atoms with Crippen LogP contribution in [0.3, 0.4) is 0 Å². The Labute approximate surface area is 97.9 Å². The molecule has 14 heavy (non-hydrogen) atoms. The summed E-state index contributed by atoms with van der Waals surface area (Å²) in [6.07, 6.45) is 0. The van der Waals surface area contributed by atoms with Crippen molar-refractivity contribution in [3.05, 3.63) is 27.1 Å². The second kappa shape index (κ2) is 5.33. The van der Waals surface area contributed by atoms with E-state index in [1.807, 2.05) is 18.2 Å². The average molecular weight is 324 g/mol. The molecule has 76 valence electrons. The minimum absolute atomic E-state index is 0.0194. The number of hydroxylamine groups is 1. The molecule has 0 aliphatic heterocycles. The van der Waals surface area contributed by atoms with E-state index in [-0.39, 0.29) is 6.54 Å². The molecule has 0 saturated carbocycles. The van der Waals surface area contributed by atoms with Crippen LogP contribution in [0.5, 0.6) is 0 Å². The molecule has 4 nitrogen and oxygen atoms in total. The van der Waals surface area contributed by atoms with Crippen LogP contribution in [0.4, 0.5) is 5.69 Å². The Balaban J connectivity index is 2.68. The highest BCUT2D eigenvalue weighted by atomic mass is 79.9. The number of rotatable bonds is 3. The summed E-state index contributed by atoms with van der Waals surface area (Å²) in [5.41, 5.74) is 2.32. The molecule has 0 spiro atoms. The van der Waals surface area contributed by atoms with Crippen molar-refractivity contribution in [2.45, 2.75) is 0 Å². The summed E-state index contributed by atoms with van der Waals surface area (Å²) < 4.78 is 1.73. The second-order valence-electron chi connectivity index (χ2n) is 2.49. The Hall–Kier alpha value is -0.590. The Morgan fingerprint density at radius 1 is 1.43 bits per heavy atom. The van der Waals surface area contributed by atoms with Gasteiger partial charge in [0.1, 0.15) is 0 Å². The number of nitrogens with one attached hydrogen (secondary N) is 2. The van der Waals surface area contributed by atoms with Crippen LogP contribution in [0.1, 0.15) is 0 Å². The van der Waals surface area contributed by atoms with E-state index >= 15 is 0 Å². The maximum atomic E-state index is 10.7. The summed E-state index contributed by atoms with van der Waals surface area (Å²) in [7, 11) is 0. The molecule has 1 aromatic rings. The van der Waals surface area contributed by atoms with Crippen molar-refractivity contribution >= 4 is 43.5 Å². The molecule has 1 rings (SSSR count). The summed E-state index contributed by atoms with van der Waals surface area (Å²) in [6, 6.07) is 5.54. The first kappa shape index (κ1) is 11.5. The van der Waals surface area contributed by atoms with Crippen LogP contribution in [-0.2, 0) is 4.79 Å². The zero-order chi connectivity index (χ0) is 10.6. The van der Waals surface area contributed by atoms with Gasteiger partial charge < -0.3 is 5.32 Å². The Kier molecular flexibility index (Phi) is 4.37. The van der Waals surface area contributed by atoms with E-state index in [0.29, 0.717) is 0 Å². The van der Waals surface area contributed by atoms with Gasteiger partial charge in [0.15, 0.2) is 0 Å². The molecule has 0 fully saturated rings. The van der Waals surface area contributed by atoms with Gasteiger partial charge in [0.2, 0.25) is 0 Å². The molecule has 0 heterocycles. The Bertz CT molecular complexity index is 344. The predicted octanol–water partition coefficient (Wildman–Crippen LogP) is 2.13. The first-order chi connectivity index (χ1) is 6.65. The fourth-order valence-electron chi connectivity index (χ4n) is 0.855. The van der Waals surface area contributed by atoms with Gasteiger partial charge >= 0.3 is 0 Å². The summed E-state index contributed by atoms with van der Waals surface area (Å²) in [6.45, 7) is 0.0194. The summed E-state index contributed by atoms with van der Waals surface area (Å²) >= 11 is 6.68. The molecule has 0 bridgehead atoms. The SMILES string of the molecule is O=C(CNc1cccc(Br)c1Br)NO. The van der Waals surface area contributed by atoms with Gasteiger partial charge in [-0.2, -0.15) is 0 Å². The maximum Gasteiger partial charge on any atom is 0.262 e. The Morgan fingerprint density at radius 3 is 2.79 bits per heavy atom. The molecule has 0 aromatic heterocycles. The van der Waals surface area contributed by atoms with E-state index in [4.69, 9.17) is 5.21 Å². The van der Waals surface area contributed by atoms with E-state index in [9.17, 15) is 4.79 Å². The molecule has 1 aromatic carbocycles. The number of carbonyl (C=O) groups excluding carboxylic acids is 1. The highest BCUT2D eigenvalue weighted by Crippen LogP contribution is 2.30. The molecule has 6 heteroatoms. The monoisotopic (exact) mass is 322 g/mol. The third-order valence-corrected chi connectivity index (χ3v) is 3.56. The third-order valence-electron chi connectivity index (χ3n) is 1.52. The van der Waals surface area contributed by atoms with Crippen molar-refractivity contribution < 1.29 is 10.0 Å². The van der Waals surface area contributed by atoms with E-state index in [1.165, 1.54) is 0 Å². The fraction of sp³-hybridized carbons (Fsp3) is 0.125. The van der Waals surface area contributed by atoms with E-state index in [1.54, 1.807) is 5.48 Å². The minimum Gasteiger partial charge on any atom is -0.375 e. The molecule has 0 radical (unpaired) electrons. The lowest BCUT2D eigenvalue weighted by Gasteiger charge is -2.07. The molecular formula is C8H8Br2N2O2. The molecule has 0 atom stereocenters. The molecule has 0 aliphatic carbocycles. The van der Waals surface area contributed by atoms with Gasteiger partial charge in [0, 0.05) is 10.2 Å². The molecule has 3 N–H and O–H groups in total. The van der Waals surface area contributed by atoms with Crippen molar-refractivity contribution in [3.63, 3.8) is 0 Å². The molecular weight excluding hydrogens is 316 g/mol. The second-order valence-corrected chi connectivity index (χ2v) is 4.14. The quantitative estimate of drug-likeness (QED) is 0.590. The lowest BCUT2D eigenvalue weighted by molar-refractivity contribution is -0.127. The van der Waals surface area contributed by atoms with Crippen molar-refractivity contribution in [3.8, 4) is 0 Å². The summed E-state index contributed by atoms with van der Waals surface area (Å²) in [5, 5.41) is 11.1. The zero-order valence-electron chi connectivity index (χ0n) is 7.05. The van der Waals surface area contributed by atoms with Gasteiger partial charge in [-0.3, -0.25) is 10.0 Å². The number of hydrogen-bond acceptors (Lipinski definition) is 3. The number of anilines is 1. The van der Waals surface area contributed by atoms with E-state index in [0.717, 1.165) is 14.6 Å². The summed E-state index contributed by atoms with van der Waals surface area (Å²) in [5.74, 6) is -0.489. The largest absolute Gasteiger partial charge is 0.375 e. The first-order valence-corrected chi connectivity index (χ1v) is 5.34. The lowest BCUT2D eigenvalue weighted by atomic mass is 10.3. The van der Waals surface area contributed by atoms with Crippen LogP contribution < -0.4 is 10.8 Å². The minimum atomic E-state index is -0.489. The predicted molar refractivity (Wildman–Crippen MR) is 60.3 cm³/mol. The lowest BCUT2D eigenvalue weighted by Crippen LogP contribution is -2.26. The molecule has 0 unspecified atom stereocenters. The topological polar surface area (TPSA) is 61.4 Å². The van der Waals surface area contributed by atoms with Crippen LogP contribution in [0.25, 0.3) is 0 Å². The van der Waals surface area contributed by atoms with Crippen LogP contribution in [-0.4, -0.2) is 17.7 Å². The van der Waals surface area contributed by atoms with Gasteiger partial charge in [0.25, 0.3) is 5.91 Å². The van der Waals surface area contributed by atoms with Crippen molar-refractivity contribution in [2.24, 2.45) is 0 Å². The number of carbonyl (C=O) groups is 1. The zero-order valence-corrected chi connectivity index (χ0v) is 10.2. The number of benzene rings is 1. The van der Waals surface area contributed by atoms with Crippen LogP contribution in [0, 0.1) is 0 Å². The van der Waals surface area contributed by atoms with Gasteiger partial charge in [-0.05, 0) is 44.0 Å². The fourth-order valence-corrected chi connectivity index (χ4v) is 1.63. The summed E-state index contributed by atoms with van der Waals surface area (Å²) in [4.78, 5) is 10.7. The molecule has 1 amide bonds. The van der Waals surface area contributed by atoms with Crippen molar-refractivity contribution in [1.82, 2.24) is 5.48 Å². The van der Waals surface area contributed by atoms with Gasteiger partial charge in [0.05, 0.1) is 11.0 Å². The van der Waals surface area contributed by atoms with Gasteiger partial charge in [-0.15, -0.1) is 0 Å². The van der Waals surface area contributed by atoms with Crippen LogP contribution in [0.2, 0.25) is 0 Å². The normalized spacial score (nSPS) is 9.64. The maximum absolute atomic E-state index is 10.7. The van der Waals surface area contributed by atoms with E-state index in [2.05, 4.69) is 37.2 Å². The number of halogens is 2. The number of hydrogen-bond donors (Lipinski definition) is 3. The smallest absolute Gasteiger partial charge is 0.262 e. The Morgan fingerprint density at radius 2 is 2.14 bits per heavy atom. The van der Waals surface area contributed by atoms with E-state index < -0.39 is 5.91 Å². The van der Waals surface area contributed by atoms with Gasteiger partial charge in [-0.1, -0.05) is 6.07 Å². The van der Waals surface area contributed by atoms with Crippen LogP contribution >= 0.6 is 31.9 Å². The molecule has 0 saturated heterocycles. The average Bonchev–Trinajstić information content (AvgIpc) is 2.20. The third kappa shape index (κ3) is 2.97. The van der Waals surface area contributed by atoms with Gasteiger partial charge in [-0.25, -0.2) is 5.48 Å².